The van der Waals surface area contributed by atoms with E-state index in [4.69, 9.17) is 4.74 Å². The van der Waals surface area contributed by atoms with Gasteiger partial charge in [-0.1, -0.05) is 12.1 Å². The van der Waals surface area contributed by atoms with Crippen LogP contribution in [0.2, 0.25) is 0 Å². The van der Waals surface area contributed by atoms with Crippen LogP contribution in [0, 0.1) is 0 Å². The number of nitrogens with one attached hydrogen (secondary N) is 1. The Morgan fingerprint density at radius 2 is 1.83 bits per heavy atom. The number of hydrogen-bond acceptors (Lipinski definition) is 5. The molecule has 0 radical (unpaired) electrons. The van der Waals surface area contributed by atoms with Crippen LogP contribution < -0.4 is 5.32 Å². The highest BCUT2D eigenvalue weighted by Crippen LogP contribution is 2.27. The van der Waals surface area contributed by atoms with E-state index < -0.39 is 21.7 Å². The lowest BCUT2D eigenvalue weighted by Gasteiger charge is -2.32. The molecule has 2 N–H and O–H groups in total. The maximum absolute atomic E-state index is 12.6. The normalized spacial score (nSPS) is 17.5. The van der Waals surface area contributed by atoms with Crippen molar-refractivity contribution in [1.29, 1.82) is 0 Å². The number of ether oxygens (including phenoxy) is 1. The van der Waals surface area contributed by atoms with Gasteiger partial charge in [-0.05, 0) is 45.7 Å². The van der Waals surface area contributed by atoms with E-state index in [2.05, 4.69) is 5.32 Å². The molecule has 0 bridgehead atoms. The Labute approximate surface area is 142 Å². The molecule has 0 aliphatic carbocycles. The number of benzene rings is 1. The first kappa shape index (κ1) is 18.5. The van der Waals surface area contributed by atoms with Gasteiger partial charge in [-0.25, -0.2) is 13.2 Å². The van der Waals surface area contributed by atoms with E-state index in [-0.39, 0.29) is 29.8 Å². The number of sulfonamides is 1. The van der Waals surface area contributed by atoms with E-state index in [1.807, 2.05) is 0 Å². The number of para-hydroxylation sites is 1. The Morgan fingerprint density at radius 1 is 1.25 bits per heavy atom. The summed E-state index contributed by atoms with van der Waals surface area (Å²) in [6, 6.07) is 5.75. The predicted octanol–water partition coefficient (Wildman–Crippen LogP) is 2.07. The van der Waals surface area contributed by atoms with Crippen LogP contribution in [-0.4, -0.2) is 48.7 Å². The van der Waals surface area contributed by atoms with Crippen LogP contribution in [0.1, 0.15) is 33.6 Å². The minimum Gasteiger partial charge on any atom is -0.507 e. The molecule has 0 unspecified atom stereocenters. The summed E-state index contributed by atoms with van der Waals surface area (Å²) >= 11 is 0. The molecule has 1 fully saturated rings. The largest absolute Gasteiger partial charge is 0.507 e. The molecule has 2 rings (SSSR count). The summed E-state index contributed by atoms with van der Waals surface area (Å²) in [4.78, 5) is 11.7. The van der Waals surface area contributed by atoms with Crippen LogP contribution in [0.5, 0.6) is 5.75 Å². The average molecular weight is 356 g/mol. The fraction of sp³-hybridized carbons (Fsp3) is 0.562. The van der Waals surface area contributed by atoms with Crippen LogP contribution in [0.25, 0.3) is 0 Å². The highest BCUT2D eigenvalue weighted by atomic mass is 32.2. The molecule has 0 aromatic heterocycles. The first-order chi connectivity index (χ1) is 11.1. The van der Waals surface area contributed by atoms with Gasteiger partial charge < -0.3 is 15.2 Å². The van der Waals surface area contributed by atoms with E-state index in [0.717, 1.165) is 0 Å². The van der Waals surface area contributed by atoms with Crippen molar-refractivity contribution in [2.24, 2.45) is 0 Å². The van der Waals surface area contributed by atoms with E-state index in [9.17, 15) is 18.3 Å². The SMILES string of the molecule is CC(C)(C)OC(=O)NC1CCN(S(=O)(=O)c2ccccc2O)CC1. The van der Waals surface area contributed by atoms with Crippen molar-refractivity contribution < 1.29 is 23.1 Å². The molecule has 1 aromatic carbocycles. The van der Waals surface area contributed by atoms with E-state index in [1.54, 1.807) is 32.9 Å². The molecule has 0 spiro atoms. The van der Waals surface area contributed by atoms with Crippen LogP contribution in [0.4, 0.5) is 4.79 Å². The molecule has 7 nitrogen and oxygen atoms in total. The molecule has 8 heteroatoms. The topological polar surface area (TPSA) is 95.9 Å². The number of rotatable bonds is 3. The maximum Gasteiger partial charge on any atom is 0.407 e. The number of amides is 1. The van der Waals surface area contributed by atoms with Gasteiger partial charge in [0.05, 0.1) is 0 Å². The molecule has 1 aliphatic heterocycles. The van der Waals surface area contributed by atoms with Crippen molar-refractivity contribution in [2.75, 3.05) is 13.1 Å². The summed E-state index contributed by atoms with van der Waals surface area (Å²) in [6.07, 6.45) is 0.488. The van der Waals surface area contributed by atoms with Crippen LogP contribution >= 0.6 is 0 Å². The molecule has 1 saturated heterocycles. The Balaban J connectivity index is 1.95. The molecular weight excluding hydrogens is 332 g/mol. The fourth-order valence-corrected chi connectivity index (χ4v) is 4.08. The maximum atomic E-state index is 12.6. The molecule has 0 atom stereocenters. The molecular formula is C16H24N2O5S. The van der Waals surface area contributed by atoms with Gasteiger partial charge in [0, 0.05) is 19.1 Å². The van der Waals surface area contributed by atoms with Crippen molar-refractivity contribution in [3.8, 4) is 5.75 Å². The van der Waals surface area contributed by atoms with Crippen molar-refractivity contribution in [1.82, 2.24) is 9.62 Å². The molecule has 134 valence electrons. The molecule has 1 heterocycles. The van der Waals surface area contributed by atoms with Crippen molar-refractivity contribution in [2.45, 2.75) is 50.2 Å². The summed E-state index contributed by atoms with van der Waals surface area (Å²) in [6.45, 7) is 5.91. The number of carbonyl (C=O) groups excluding carboxylic acids is 1. The van der Waals surface area contributed by atoms with Gasteiger partial charge in [-0.2, -0.15) is 4.31 Å². The van der Waals surface area contributed by atoms with Gasteiger partial charge in [-0.3, -0.25) is 0 Å². The third kappa shape index (κ3) is 4.61. The van der Waals surface area contributed by atoms with Gasteiger partial charge in [-0.15, -0.1) is 0 Å². The zero-order valence-corrected chi connectivity index (χ0v) is 15.0. The van der Waals surface area contributed by atoms with Crippen LogP contribution in [-0.2, 0) is 14.8 Å². The smallest absolute Gasteiger partial charge is 0.407 e. The standard InChI is InChI=1S/C16H24N2O5S/c1-16(2,3)23-15(20)17-12-8-10-18(11-9-12)24(21,22)14-7-5-4-6-13(14)19/h4-7,12,19H,8-11H2,1-3H3,(H,17,20). The second-order valence-corrected chi connectivity index (χ2v) is 8.70. The zero-order chi connectivity index (χ0) is 18.0. The first-order valence-corrected chi connectivity index (χ1v) is 9.31. The van der Waals surface area contributed by atoms with Gasteiger partial charge in [0.15, 0.2) is 0 Å². The minimum absolute atomic E-state index is 0.0939. The highest BCUT2D eigenvalue weighted by molar-refractivity contribution is 7.89. The summed E-state index contributed by atoms with van der Waals surface area (Å²) in [5.41, 5.74) is -0.570. The van der Waals surface area contributed by atoms with Crippen molar-refractivity contribution >= 4 is 16.1 Å². The molecule has 1 amide bonds. The minimum atomic E-state index is -3.73. The second kappa shape index (κ2) is 6.98. The zero-order valence-electron chi connectivity index (χ0n) is 14.2. The number of aromatic hydroxyl groups is 1. The summed E-state index contributed by atoms with van der Waals surface area (Å²) in [5, 5.41) is 12.5. The number of nitrogens with zero attached hydrogens (tertiary/aromatic N) is 1. The molecule has 0 saturated carbocycles. The first-order valence-electron chi connectivity index (χ1n) is 7.87. The Bertz CT molecular complexity index is 689. The summed E-state index contributed by atoms with van der Waals surface area (Å²) < 4.78 is 31.7. The van der Waals surface area contributed by atoms with Gasteiger partial charge >= 0.3 is 6.09 Å². The van der Waals surface area contributed by atoms with Gasteiger partial charge in [0.1, 0.15) is 16.2 Å². The Morgan fingerprint density at radius 3 is 2.38 bits per heavy atom. The lowest BCUT2D eigenvalue weighted by molar-refractivity contribution is 0.0489. The van der Waals surface area contributed by atoms with Crippen LogP contribution in [0.3, 0.4) is 0 Å². The summed E-state index contributed by atoms with van der Waals surface area (Å²) in [7, 11) is -3.73. The van der Waals surface area contributed by atoms with Gasteiger partial charge in [0.25, 0.3) is 0 Å². The average Bonchev–Trinajstić information content (AvgIpc) is 2.46. The summed E-state index contributed by atoms with van der Waals surface area (Å²) in [5.74, 6) is -0.258. The Kier molecular flexibility index (Phi) is 5.39. The number of alkyl carbamates (subject to hydrolysis) is 1. The lowest BCUT2D eigenvalue weighted by atomic mass is 10.1. The van der Waals surface area contributed by atoms with Gasteiger partial charge in [0.2, 0.25) is 10.0 Å². The highest BCUT2D eigenvalue weighted by Gasteiger charge is 2.32. The van der Waals surface area contributed by atoms with E-state index in [0.29, 0.717) is 12.8 Å². The van der Waals surface area contributed by atoms with Crippen molar-refractivity contribution in [3.63, 3.8) is 0 Å². The van der Waals surface area contributed by atoms with Crippen LogP contribution in [0.15, 0.2) is 29.2 Å². The monoisotopic (exact) mass is 356 g/mol. The number of carbonyl (C=O) groups is 1. The Hall–Kier alpha value is -1.80. The fourth-order valence-electron chi connectivity index (χ4n) is 2.53. The molecule has 1 aromatic rings. The molecule has 1 aliphatic rings. The lowest BCUT2D eigenvalue weighted by Crippen LogP contribution is -2.47. The number of phenols is 1. The predicted molar refractivity (Wildman–Crippen MR) is 89.3 cm³/mol. The van der Waals surface area contributed by atoms with Crippen molar-refractivity contribution in [3.05, 3.63) is 24.3 Å². The third-order valence-electron chi connectivity index (χ3n) is 3.66. The number of hydrogen-bond donors (Lipinski definition) is 2. The number of piperidine rings is 1. The second-order valence-electron chi connectivity index (χ2n) is 6.79. The third-order valence-corrected chi connectivity index (χ3v) is 5.60. The number of phenolic OH excluding ortho intramolecular Hbond substituents is 1. The quantitative estimate of drug-likeness (QED) is 0.864. The van der Waals surface area contributed by atoms with E-state index in [1.165, 1.54) is 16.4 Å². The van der Waals surface area contributed by atoms with E-state index >= 15 is 0 Å². The molecule has 24 heavy (non-hydrogen) atoms.